The van der Waals surface area contributed by atoms with Crippen LogP contribution in [0.2, 0.25) is 0 Å². The number of carbonyl (C=O) groups is 1. The average Bonchev–Trinajstić information content (AvgIpc) is 3.36. The lowest BCUT2D eigenvalue weighted by atomic mass is 9.98. The molecule has 27 heavy (non-hydrogen) atoms. The molecule has 1 atom stereocenters. The van der Waals surface area contributed by atoms with Crippen LogP contribution in [0.3, 0.4) is 0 Å². The molecule has 1 saturated heterocycles. The molecule has 1 amide bonds. The van der Waals surface area contributed by atoms with Gasteiger partial charge in [-0.1, -0.05) is 36.4 Å². The Bertz CT molecular complexity index is 946. The van der Waals surface area contributed by atoms with Gasteiger partial charge in [-0.05, 0) is 55.0 Å². The zero-order chi connectivity index (χ0) is 18.8. The topological polar surface area (TPSA) is 38.1 Å². The van der Waals surface area contributed by atoms with Crippen molar-refractivity contribution in [3.63, 3.8) is 0 Å². The summed E-state index contributed by atoms with van der Waals surface area (Å²) in [6.45, 7) is 5.74. The summed E-state index contributed by atoms with van der Waals surface area (Å²) in [5.74, 6) is 0.131. The van der Waals surface area contributed by atoms with Crippen molar-refractivity contribution in [1.29, 1.82) is 0 Å². The number of benzene rings is 2. The van der Waals surface area contributed by atoms with E-state index in [1.807, 2.05) is 35.0 Å². The lowest BCUT2D eigenvalue weighted by molar-refractivity contribution is 0.0734. The van der Waals surface area contributed by atoms with Gasteiger partial charge in [-0.3, -0.25) is 4.79 Å². The van der Waals surface area contributed by atoms with E-state index in [1.165, 1.54) is 16.7 Å². The largest absolute Gasteiger partial charge is 0.333 e. The molecule has 1 fully saturated rings. The van der Waals surface area contributed by atoms with Gasteiger partial charge in [0.25, 0.3) is 5.91 Å². The van der Waals surface area contributed by atoms with Crippen molar-refractivity contribution in [1.82, 2.24) is 14.5 Å². The van der Waals surface area contributed by atoms with Crippen molar-refractivity contribution in [2.24, 2.45) is 0 Å². The van der Waals surface area contributed by atoms with Gasteiger partial charge in [0.1, 0.15) is 0 Å². The first-order valence-corrected chi connectivity index (χ1v) is 9.55. The van der Waals surface area contributed by atoms with Gasteiger partial charge in [0.15, 0.2) is 0 Å². The first-order chi connectivity index (χ1) is 13.1. The summed E-state index contributed by atoms with van der Waals surface area (Å²) in [4.78, 5) is 19.6. The molecular formula is C23H25N3O. The van der Waals surface area contributed by atoms with Crippen molar-refractivity contribution >= 4 is 5.91 Å². The highest BCUT2D eigenvalue weighted by Gasteiger charge is 2.31. The molecule has 1 aliphatic rings. The fourth-order valence-corrected chi connectivity index (χ4v) is 3.93. The molecular weight excluding hydrogens is 334 g/mol. The Balaban J connectivity index is 1.63. The second-order valence-corrected chi connectivity index (χ2v) is 7.39. The maximum absolute atomic E-state index is 13.4. The zero-order valence-corrected chi connectivity index (χ0v) is 15.9. The van der Waals surface area contributed by atoms with Crippen molar-refractivity contribution < 1.29 is 4.79 Å². The molecule has 138 valence electrons. The Morgan fingerprint density at radius 1 is 1.15 bits per heavy atom. The van der Waals surface area contributed by atoms with Crippen LogP contribution in [-0.2, 0) is 6.54 Å². The van der Waals surface area contributed by atoms with Crippen LogP contribution in [0.15, 0.2) is 61.2 Å². The summed E-state index contributed by atoms with van der Waals surface area (Å²) in [6.07, 6.45) is 7.55. The van der Waals surface area contributed by atoms with E-state index < -0.39 is 0 Å². The second kappa shape index (κ2) is 7.39. The fraction of sp³-hybridized carbons (Fsp3) is 0.304. The van der Waals surface area contributed by atoms with E-state index in [0.717, 1.165) is 30.5 Å². The highest BCUT2D eigenvalue weighted by molar-refractivity contribution is 5.96. The van der Waals surface area contributed by atoms with Crippen LogP contribution in [0.5, 0.6) is 0 Å². The van der Waals surface area contributed by atoms with Crippen molar-refractivity contribution in [2.45, 2.75) is 39.3 Å². The third-order valence-electron chi connectivity index (χ3n) is 5.59. The molecule has 2 aromatic carbocycles. The number of nitrogens with zero attached hydrogens (tertiary/aromatic N) is 3. The molecule has 0 radical (unpaired) electrons. The van der Waals surface area contributed by atoms with Gasteiger partial charge < -0.3 is 9.47 Å². The summed E-state index contributed by atoms with van der Waals surface area (Å²) >= 11 is 0. The zero-order valence-electron chi connectivity index (χ0n) is 15.9. The number of amides is 1. The molecule has 4 heteroatoms. The maximum atomic E-state index is 13.4. The van der Waals surface area contributed by atoms with E-state index in [9.17, 15) is 4.79 Å². The minimum Gasteiger partial charge on any atom is -0.333 e. The normalized spacial score (nSPS) is 16.7. The van der Waals surface area contributed by atoms with Gasteiger partial charge >= 0.3 is 0 Å². The van der Waals surface area contributed by atoms with Gasteiger partial charge in [-0.25, -0.2) is 4.98 Å². The molecule has 0 unspecified atom stereocenters. The summed E-state index contributed by atoms with van der Waals surface area (Å²) < 4.78 is 2.00. The van der Waals surface area contributed by atoms with Gasteiger partial charge in [0.2, 0.25) is 0 Å². The predicted octanol–water partition coefficient (Wildman–Crippen LogP) is 4.53. The Morgan fingerprint density at radius 2 is 2.00 bits per heavy atom. The van der Waals surface area contributed by atoms with E-state index in [2.05, 4.69) is 41.9 Å². The number of hydrogen-bond donors (Lipinski definition) is 0. The Hall–Kier alpha value is -2.88. The predicted molar refractivity (Wildman–Crippen MR) is 107 cm³/mol. The Labute approximate surface area is 160 Å². The van der Waals surface area contributed by atoms with E-state index in [4.69, 9.17) is 0 Å². The number of aryl methyl sites for hydroxylation is 2. The van der Waals surface area contributed by atoms with Crippen LogP contribution in [0.1, 0.15) is 51.5 Å². The number of likely N-dealkylation sites (tertiary alicyclic amines) is 1. The molecule has 3 aromatic rings. The summed E-state index contributed by atoms with van der Waals surface area (Å²) in [6, 6.07) is 14.7. The summed E-state index contributed by atoms with van der Waals surface area (Å²) in [5.41, 5.74) is 5.65. The van der Waals surface area contributed by atoms with E-state index in [-0.39, 0.29) is 11.9 Å². The lowest BCUT2D eigenvalue weighted by Gasteiger charge is -2.26. The summed E-state index contributed by atoms with van der Waals surface area (Å²) in [7, 11) is 0. The second-order valence-electron chi connectivity index (χ2n) is 7.39. The van der Waals surface area contributed by atoms with E-state index in [1.54, 1.807) is 12.5 Å². The molecule has 0 aliphatic carbocycles. The van der Waals surface area contributed by atoms with E-state index in [0.29, 0.717) is 6.54 Å². The van der Waals surface area contributed by atoms with Crippen LogP contribution in [0, 0.1) is 13.8 Å². The van der Waals surface area contributed by atoms with Crippen molar-refractivity contribution in [2.75, 3.05) is 6.54 Å². The summed E-state index contributed by atoms with van der Waals surface area (Å²) in [5, 5.41) is 0. The van der Waals surface area contributed by atoms with Crippen LogP contribution in [0.25, 0.3) is 0 Å². The molecule has 0 bridgehead atoms. The molecule has 1 aliphatic heterocycles. The number of imidazole rings is 1. The Morgan fingerprint density at radius 3 is 2.78 bits per heavy atom. The number of rotatable bonds is 4. The van der Waals surface area contributed by atoms with Crippen LogP contribution >= 0.6 is 0 Å². The number of aromatic nitrogens is 2. The highest BCUT2D eigenvalue weighted by Crippen LogP contribution is 2.34. The van der Waals surface area contributed by atoms with Gasteiger partial charge in [-0.2, -0.15) is 0 Å². The quantitative estimate of drug-likeness (QED) is 0.687. The fourth-order valence-electron chi connectivity index (χ4n) is 3.93. The van der Waals surface area contributed by atoms with Gasteiger partial charge in [0, 0.05) is 31.0 Å². The third kappa shape index (κ3) is 3.52. The van der Waals surface area contributed by atoms with E-state index >= 15 is 0 Å². The number of carbonyl (C=O) groups excluding carboxylic acids is 1. The Kier molecular flexibility index (Phi) is 4.80. The average molecular weight is 359 g/mol. The molecule has 2 heterocycles. The molecule has 0 N–H and O–H groups in total. The minimum absolute atomic E-state index is 0.131. The molecule has 0 saturated carbocycles. The maximum Gasteiger partial charge on any atom is 0.254 e. The van der Waals surface area contributed by atoms with Crippen LogP contribution in [-0.4, -0.2) is 26.9 Å². The van der Waals surface area contributed by atoms with Crippen LogP contribution in [0.4, 0.5) is 0 Å². The smallest absolute Gasteiger partial charge is 0.254 e. The highest BCUT2D eigenvalue weighted by atomic mass is 16.2. The van der Waals surface area contributed by atoms with Gasteiger partial charge in [0.05, 0.1) is 12.4 Å². The van der Waals surface area contributed by atoms with Gasteiger partial charge in [-0.15, -0.1) is 0 Å². The first-order valence-electron chi connectivity index (χ1n) is 9.55. The molecule has 1 aromatic heterocycles. The third-order valence-corrected chi connectivity index (χ3v) is 5.59. The standard InChI is InChI=1S/C23H25N3O/c1-17-9-10-19(14-18(17)2)22-8-5-12-26(22)23(27)21-7-4-3-6-20(21)15-25-13-11-24-16-25/h3-4,6-7,9-11,13-14,16,22H,5,8,12,15H2,1-2H3/t22-/m1/s1. The lowest BCUT2D eigenvalue weighted by Crippen LogP contribution is -2.31. The molecule has 4 rings (SSSR count). The SMILES string of the molecule is Cc1ccc([C@H]2CCCN2C(=O)c2ccccc2Cn2ccnc2)cc1C. The number of hydrogen-bond acceptors (Lipinski definition) is 2. The first kappa shape index (κ1) is 17.5. The van der Waals surface area contributed by atoms with Crippen LogP contribution < -0.4 is 0 Å². The van der Waals surface area contributed by atoms with Crippen molar-refractivity contribution in [3.05, 3.63) is 89.0 Å². The minimum atomic E-state index is 0.131. The molecule has 0 spiro atoms. The van der Waals surface area contributed by atoms with Crippen molar-refractivity contribution in [3.8, 4) is 0 Å². The monoisotopic (exact) mass is 359 g/mol. The molecule has 4 nitrogen and oxygen atoms in total.